The van der Waals surface area contributed by atoms with Crippen molar-refractivity contribution < 1.29 is 0 Å². The molecule has 0 amide bonds. The molecule has 0 spiro atoms. The van der Waals surface area contributed by atoms with Gasteiger partial charge in [-0.25, -0.2) is 4.98 Å². The lowest BCUT2D eigenvalue weighted by Gasteiger charge is -2.04. The van der Waals surface area contributed by atoms with E-state index in [-0.39, 0.29) is 5.56 Å². The Hall–Kier alpha value is -0.290. The van der Waals surface area contributed by atoms with Crippen molar-refractivity contribution >= 4 is 27.7 Å². The Labute approximate surface area is 147 Å². The maximum absolute atomic E-state index is 11.6. The zero-order valence-corrected chi connectivity index (χ0v) is 16.3. The molecule has 1 N–H and O–H groups in total. The lowest BCUT2D eigenvalue weighted by molar-refractivity contribution is 0.563. The molecule has 0 aliphatic heterocycles. The molecule has 0 fully saturated rings. The average Bonchev–Trinajstić information content (AvgIpc) is 2.50. The normalized spacial score (nSPS) is 11.0. The summed E-state index contributed by atoms with van der Waals surface area (Å²) in [5.74, 6) is 1.03. The summed E-state index contributed by atoms with van der Waals surface area (Å²) < 4.78 is 0.538. The van der Waals surface area contributed by atoms with E-state index in [2.05, 4.69) is 32.8 Å². The zero-order valence-electron chi connectivity index (χ0n) is 13.9. The van der Waals surface area contributed by atoms with Gasteiger partial charge in [-0.05, 0) is 29.3 Å². The first kappa shape index (κ1) is 19.8. The van der Waals surface area contributed by atoms with E-state index < -0.39 is 0 Å². The van der Waals surface area contributed by atoms with Crippen LogP contribution in [0.1, 0.15) is 76.8 Å². The SMILES string of the molecule is CCCCCCCCCCCCSc1nc(C)c(Br)c(=O)[nH]1. The van der Waals surface area contributed by atoms with E-state index in [1.54, 1.807) is 11.8 Å². The molecule has 0 atom stereocenters. The van der Waals surface area contributed by atoms with Crippen LogP contribution in [-0.2, 0) is 0 Å². The van der Waals surface area contributed by atoms with E-state index in [1.807, 2.05) is 6.92 Å². The predicted molar refractivity (Wildman–Crippen MR) is 99.9 cm³/mol. The quantitative estimate of drug-likeness (QED) is 0.277. The maximum Gasteiger partial charge on any atom is 0.266 e. The number of thioether (sulfide) groups is 1. The number of aromatic nitrogens is 2. The number of hydrogen-bond donors (Lipinski definition) is 1. The first-order valence-corrected chi connectivity index (χ1v) is 10.3. The number of H-pyrrole nitrogens is 1. The smallest absolute Gasteiger partial charge is 0.266 e. The minimum Gasteiger partial charge on any atom is -0.300 e. The lowest BCUT2D eigenvalue weighted by atomic mass is 10.1. The van der Waals surface area contributed by atoms with Gasteiger partial charge in [-0.2, -0.15) is 0 Å². The summed E-state index contributed by atoms with van der Waals surface area (Å²) >= 11 is 4.88. The van der Waals surface area contributed by atoms with Gasteiger partial charge in [0, 0.05) is 5.75 Å². The summed E-state index contributed by atoms with van der Waals surface area (Å²) in [5, 5.41) is 0.738. The molecule has 1 aromatic heterocycles. The molecular formula is C17H29BrN2OS. The summed E-state index contributed by atoms with van der Waals surface area (Å²) in [7, 11) is 0. The third-order valence-electron chi connectivity index (χ3n) is 3.74. The molecule has 0 aliphatic rings. The third-order valence-corrected chi connectivity index (χ3v) is 5.64. The largest absolute Gasteiger partial charge is 0.300 e. The number of hydrogen-bond acceptors (Lipinski definition) is 3. The first-order chi connectivity index (χ1) is 10.6. The van der Waals surface area contributed by atoms with E-state index in [0.717, 1.165) is 16.6 Å². The van der Waals surface area contributed by atoms with Gasteiger partial charge >= 0.3 is 0 Å². The van der Waals surface area contributed by atoms with Crippen LogP contribution in [0.25, 0.3) is 0 Å². The van der Waals surface area contributed by atoms with Gasteiger partial charge in [0.1, 0.15) is 4.47 Å². The van der Waals surface area contributed by atoms with Crippen molar-refractivity contribution in [2.24, 2.45) is 0 Å². The van der Waals surface area contributed by atoms with Crippen LogP contribution >= 0.6 is 27.7 Å². The van der Waals surface area contributed by atoms with E-state index in [0.29, 0.717) is 4.47 Å². The Bertz CT molecular complexity index is 476. The molecule has 0 aromatic carbocycles. The number of nitrogens with one attached hydrogen (secondary N) is 1. The molecule has 1 rings (SSSR count). The van der Waals surface area contributed by atoms with Crippen LogP contribution in [0.2, 0.25) is 0 Å². The molecule has 126 valence electrons. The molecule has 0 radical (unpaired) electrons. The van der Waals surface area contributed by atoms with Crippen molar-refractivity contribution in [1.82, 2.24) is 9.97 Å². The molecule has 0 saturated heterocycles. The van der Waals surface area contributed by atoms with Crippen molar-refractivity contribution in [2.45, 2.75) is 83.2 Å². The molecule has 0 saturated carbocycles. The third kappa shape index (κ3) is 8.37. The molecule has 3 nitrogen and oxygen atoms in total. The molecule has 0 aliphatic carbocycles. The second-order valence-corrected chi connectivity index (χ2v) is 7.68. The number of nitrogens with zero attached hydrogens (tertiary/aromatic N) is 1. The van der Waals surface area contributed by atoms with Crippen molar-refractivity contribution in [3.05, 3.63) is 20.5 Å². The molecule has 1 aromatic rings. The maximum atomic E-state index is 11.6. The fourth-order valence-electron chi connectivity index (χ4n) is 2.37. The standard InChI is InChI=1S/C17H29BrN2OS/c1-3-4-5-6-7-8-9-10-11-12-13-22-17-19-14(2)15(18)16(21)20-17/h3-13H2,1-2H3,(H,19,20,21). The molecule has 0 unspecified atom stereocenters. The Kier molecular flexibility index (Phi) is 10.9. The highest BCUT2D eigenvalue weighted by molar-refractivity contribution is 9.10. The average molecular weight is 389 g/mol. The van der Waals surface area contributed by atoms with Crippen LogP contribution in [0.15, 0.2) is 14.4 Å². The van der Waals surface area contributed by atoms with E-state index in [1.165, 1.54) is 64.2 Å². The second kappa shape index (κ2) is 12.2. The topological polar surface area (TPSA) is 45.8 Å². The fraction of sp³-hybridized carbons (Fsp3) is 0.765. The Balaban J connectivity index is 2.01. The van der Waals surface area contributed by atoms with Crippen LogP contribution in [0, 0.1) is 6.92 Å². The summed E-state index contributed by atoms with van der Waals surface area (Å²) in [4.78, 5) is 18.8. The number of halogens is 1. The van der Waals surface area contributed by atoms with Crippen LogP contribution in [0.3, 0.4) is 0 Å². The summed E-state index contributed by atoms with van der Waals surface area (Å²) in [6.07, 6.45) is 13.5. The molecule has 0 bridgehead atoms. The van der Waals surface area contributed by atoms with Gasteiger partial charge in [-0.1, -0.05) is 76.5 Å². The number of unbranched alkanes of at least 4 members (excludes halogenated alkanes) is 9. The Morgan fingerprint density at radius 2 is 1.55 bits per heavy atom. The van der Waals surface area contributed by atoms with Gasteiger partial charge in [-0.15, -0.1) is 0 Å². The molecule has 5 heteroatoms. The zero-order chi connectivity index (χ0) is 16.2. The predicted octanol–water partition coefficient (Wildman–Crippen LogP) is 5.85. The van der Waals surface area contributed by atoms with E-state index in [9.17, 15) is 4.79 Å². The number of aryl methyl sites for hydroxylation is 1. The van der Waals surface area contributed by atoms with Crippen molar-refractivity contribution in [1.29, 1.82) is 0 Å². The second-order valence-electron chi connectivity index (χ2n) is 5.80. The van der Waals surface area contributed by atoms with Gasteiger partial charge in [0.25, 0.3) is 5.56 Å². The van der Waals surface area contributed by atoms with Gasteiger partial charge < -0.3 is 4.98 Å². The number of aromatic amines is 1. The van der Waals surface area contributed by atoms with Crippen LogP contribution in [0.5, 0.6) is 0 Å². The fourth-order valence-corrected chi connectivity index (χ4v) is 3.47. The van der Waals surface area contributed by atoms with Gasteiger partial charge in [0.2, 0.25) is 0 Å². The summed E-state index contributed by atoms with van der Waals surface area (Å²) in [6, 6.07) is 0. The first-order valence-electron chi connectivity index (χ1n) is 8.54. The minimum absolute atomic E-state index is 0.0851. The van der Waals surface area contributed by atoms with Crippen LogP contribution < -0.4 is 5.56 Å². The monoisotopic (exact) mass is 388 g/mol. The molecule has 1 heterocycles. The minimum atomic E-state index is -0.0851. The Morgan fingerprint density at radius 1 is 1.00 bits per heavy atom. The highest BCUT2D eigenvalue weighted by Crippen LogP contribution is 2.17. The Morgan fingerprint density at radius 3 is 2.09 bits per heavy atom. The summed E-state index contributed by atoms with van der Waals surface area (Å²) in [6.45, 7) is 4.11. The van der Waals surface area contributed by atoms with Crippen LogP contribution in [0.4, 0.5) is 0 Å². The lowest BCUT2D eigenvalue weighted by Crippen LogP contribution is -2.11. The summed E-state index contributed by atoms with van der Waals surface area (Å²) in [5.41, 5.74) is 0.674. The van der Waals surface area contributed by atoms with Crippen LogP contribution in [-0.4, -0.2) is 15.7 Å². The molecular weight excluding hydrogens is 360 g/mol. The van der Waals surface area contributed by atoms with Crippen molar-refractivity contribution in [2.75, 3.05) is 5.75 Å². The number of rotatable bonds is 12. The molecule has 22 heavy (non-hydrogen) atoms. The highest BCUT2D eigenvalue weighted by atomic mass is 79.9. The van der Waals surface area contributed by atoms with Gasteiger partial charge in [0.15, 0.2) is 5.16 Å². The van der Waals surface area contributed by atoms with E-state index >= 15 is 0 Å². The van der Waals surface area contributed by atoms with Crippen molar-refractivity contribution in [3.63, 3.8) is 0 Å². The van der Waals surface area contributed by atoms with Gasteiger partial charge in [0.05, 0.1) is 5.69 Å². The van der Waals surface area contributed by atoms with Crippen molar-refractivity contribution in [3.8, 4) is 0 Å². The van der Waals surface area contributed by atoms with E-state index in [4.69, 9.17) is 0 Å². The van der Waals surface area contributed by atoms with Gasteiger partial charge in [-0.3, -0.25) is 4.79 Å². The highest BCUT2D eigenvalue weighted by Gasteiger charge is 2.05.